The highest BCUT2D eigenvalue weighted by Crippen LogP contribution is 2.21. The molecule has 0 aliphatic carbocycles. The number of hydrogen-bond donors (Lipinski definition) is 0. The van der Waals surface area contributed by atoms with E-state index in [1.807, 2.05) is 6.92 Å². The van der Waals surface area contributed by atoms with E-state index < -0.39 is 0 Å². The van der Waals surface area contributed by atoms with Gasteiger partial charge in [-0.1, -0.05) is 6.92 Å². The number of hydrogen-bond acceptors (Lipinski definition) is 7. The molecule has 2 aromatic rings. The van der Waals surface area contributed by atoms with E-state index in [0.717, 1.165) is 55.9 Å². The van der Waals surface area contributed by atoms with Crippen molar-refractivity contribution >= 4 is 11.3 Å². The van der Waals surface area contributed by atoms with Crippen LogP contribution in [0.4, 0.5) is 0 Å². The van der Waals surface area contributed by atoms with Gasteiger partial charge in [0, 0.05) is 44.5 Å². The monoisotopic (exact) mass is 321 g/mol. The van der Waals surface area contributed by atoms with Gasteiger partial charge in [-0.05, 0) is 13.8 Å². The molecule has 0 bridgehead atoms. The average molecular weight is 321 g/mol. The Bertz CT molecular complexity index is 603. The van der Waals surface area contributed by atoms with Gasteiger partial charge in [0.15, 0.2) is 0 Å². The van der Waals surface area contributed by atoms with Gasteiger partial charge < -0.3 is 4.42 Å². The van der Waals surface area contributed by atoms with Gasteiger partial charge in [0.2, 0.25) is 11.8 Å². The van der Waals surface area contributed by atoms with Gasteiger partial charge in [0.05, 0.1) is 16.7 Å². The summed E-state index contributed by atoms with van der Waals surface area (Å²) < 4.78 is 5.69. The first-order valence-corrected chi connectivity index (χ1v) is 8.73. The fourth-order valence-corrected chi connectivity index (χ4v) is 3.36. The number of rotatable bonds is 5. The largest absolute Gasteiger partial charge is 0.424 e. The van der Waals surface area contributed by atoms with Gasteiger partial charge in [-0.2, -0.15) is 0 Å². The lowest BCUT2D eigenvalue weighted by atomic mass is 10.2. The molecular weight excluding hydrogens is 298 g/mol. The Kier molecular flexibility index (Phi) is 4.85. The summed E-state index contributed by atoms with van der Waals surface area (Å²) in [7, 11) is 0. The van der Waals surface area contributed by atoms with Crippen LogP contribution in [0.5, 0.6) is 0 Å². The van der Waals surface area contributed by atoms with Crippen LogP contribution >= 0.6 is 11.3 Å². The molecule has 0 spiro atoms. The first kappa shape index (κ1) is 15.6. The maximum atomic E-state index is 5.69. The zero-order chi connectivity index (χ0) is 15.5. The molecule has 2 aromatic heterocycles. The Balaban J connectivity index is 1.52. The first-order valence-electron chi connectivity index (χ1n) is 7.85. The highest BCUT2D eigenvalue weighted by Gasteiger charge is 2.25. The van der Waals surface area contributed by atoms with Crippen LogP contribution in [-0.2, 0) is 13.0 Å². The van der Waals surface area contributed by atoms with Crippen LogP contribution in [0.25, 0.3) is 0 Å². The minimum absolute atomic E-state index is 0.191. The van der Waals surface area contributed by atoms with Crippen LogP contribution in [0.3, 0.4) is 0 Å². The van der Waals surface area contributed by atoms with Crippen LogP contribution in [0.1, 0.15) is 42.4 Å². The molecule has 1 fully saturated rings. The summed E-state index contributed by atoms with van der Waals surface area (Å²) in [6.45, 7) is 11.3. The summed E-state index contributed by atoms with van der Waals surface area (Å²) in [5.41, 5.74) is 1.19. The Morgan fingerprint density at radius 2 is 2.05 bits per heavy atom. The first-order chi connectivity index (χ1) is 10.7. The molecule has 1 saturated heterocycles. The van der Waals surface area contributed by atoms with E-state index in [1.165, 1.54) is 5.69 Å². The van der Waals surface area contributed by atoms with Crippen LogP contribution < -0.4 is 0 Å². The predicted molar refractivity (Wildman–Crippen MR) is 85.8 cm³/mol. The van der Waals surface area contributed by atoms with Crippen LogP contribution in [0, 0.1) is 6.92 Å². The number of nitrogens with zero attached hydrogens (tertiary/aromatic N) is 5. The Morgan fingerprint density at radius 3 is 2.64 bits per heavy atom. The molecule has 1 aliphatic heterocycles. The quantitative estimate of drug-likeness (QED) is 0.842. The lowest BCUT2D eigenvalue weighted by molar-refractivity contribution is 0.0863. The van der Waals surface area contributed by atoms with Crippen molar-refractivity contribution in [1.29, 1.82) is 0 Å². The highest BCUT2D eigenvalue weighted by molar-refractivity contribution is 7.09. The van der Waals surface area contributed by atoms with Crippen molar-refractivity contribution in [3.8, 4) is 0 Å². The summed E-state index contributed by atoms with van der Waals surface area (Å²) in [5, 5.41) is 11.5. The minimum Gasteiger partial charge on any atom is -0.424 e. The summed E-state index contributed by atoms with van der Waals surface area (Å²) in [6, 6.07) is 0.191. The lowest BCUT2D eigenvalue weighted by Gasteiger charge is -2.36. The van der Waals surface area contributed by atoms with E-state index in [1.54, 1.807) is 11.3 Å². The average Bonchev–Trinajstić information content (AvgIpc) is 3.16. The van der Waals surface area contributed by atoms with Gasteiger partial charge >= 0.3 is 0 Å². The van der Waals surface area contributed by atoms with Gasteiger partial charge in [-0.15, -0.1) is 21.5 Å². The molecular formula is C15H23N5OS. The Hall–Kier alpha value is -1.31. The molecule has 0 N–H and O–H groups in total. The smallest absolute Gasteiger partial charge is 0.233 e. The number of thiazole rings is 1. The molecule has 22 heavy (non-hydrogen) atoms. The molecule has 0 amide bonds. The minimum atomic E-state index is 0.191. The van der Waals surface area contributed by atoms with Gasteiger partial charge in [-0.25, -0.2) is 4.98 Å². The van der Waals surface area contributed by atoms with E-state index in [0.29, 0.717) is 0 Å². The fourth-order valence-electron chi connectivity index (χ4n) is 2.75. The van der Waals surface area contributed by atoms with E-state index in [4.69, 9.17) is 4.42 Å². The van der Waals surface area contributed by atoms with Crippen molar-refractivity contribution in [2.45, 2.75) is 39.8 Å². The van der Waals surface area contributed by atoms with E-state index in [2.05, 4.69) is 44.2 Å². The van der Waals surface area contributed by atoms with Crippen molar-refractivity contribution in [2.24, 2.45) is 0 Å². The van der Waals surface area contributed by atoms with Gasteiger partial charge in [0.1, 0.15) is 0 Å². The maximum absolute atomic E-state index is 5.69. The Morgan fingerprint density at radius 1 is 1.27 bits per heavy atom. The van der Waals surface area contributed by atoms with E-state index in [-0.39, 0.29) is 6.04 Å². The van der Waals surface area contributed by atoms with Crippen molar-refractivity contribution < 1.29 is 4.42 Å². The van der Waals surface area contributed by atoms with Crippen LogP contribution in [0.15, 0.2) is 9.80 Å². The molecule has 0 aromatic carbocycles. The molecule has 3 heterocycles. The summed E-state index contributed by atoms with van der Waals surface area (Å²) in [4.78, 5) is 9.42. The maximum Gasteiger partial charge on any atom is 0.233 e. The topological polar surface area (TPSA) is 58.3 Å². The molecule has 1 aliphatic rings. The number of aromatic nitrogens is 3. The molecule has 6 nitrogen and oxygen atoms in total. The van der Waals surface area contributed by atoms with E-state index in [9.17, 15) is 0 Å². The molecule has 120 valence electrons. The van der Waals surface area contributed by atoms with Gasteiger partial charge in [0.25, 0.3) is 0 Å². The van der Waals surface area contributed by atoms with E-state index >= 15 is 0 Å². The van der Waals surface area contributed by atoms with Gasteiger partial charge in [-0.3, -0.25) is 9.80 Å². The van der Waals surface area contributed by atoms with Crippen molar-refractivity contribution in [3.63, 3.8) is 0 Å². The third kappa shape index (κ3) is 3.53. The summed E-state index contributed by atoms with van der Waals surface area (Å²) >= 11 is 1.72. The SMILES string of the molecule is CCc1nnc([C@H](C)N2CCN(Cc3csc(C)n3)CC2)o1. The van der Waals surface area contributed by atoms with Crippen molar-refractivity contribution in [2.75, 3.05) is 26.2 Å². The highest BCUT2D eigenvalue weighted by atomic mass is 32.1. The van der Waals surface area contributed by atoms with Crippen molar-refractivity contribution in [3.05, 3.63) is 27.9 Å². The second-order valence-electron chi connectivity index (χ2n) is 5.73. The molecule has 0 saturated carbocycles. The third-order valence-corrected chi connectivity index (χ3v) is 4.97. The number of piperazine rings is 1. The number of aryl methyl sites for hydroxylation is 2. The normalized spacial score (nSPS) is 18.7. The fraction of sp³-hybridized carbons (Fsp3) is 0.667. The second-order valence-corrected chi connectivity index (χ2v) is 6.80. The molecule has 0 radical (unpaired) electrons. The molecule has 1 atom stereocenters. The third-order valence-electron chi connectivity index (χ3n) is 4.15. The predicted octanol–water partition coefficient (Wildman–Crippen LogP) is 2.28. The summed E-state index contributed by atoms with van der Waals surface area (Å²) in [5.74, 6) is 1.46. The molecule has 7 heteroatoms. The molecule has 3 rings (SSSR count). The van der Waals surface area contributed by atoms with Crippen LogP contribution in [0.2, 0.25) is 0 Å². The summed E-state index contributed by atoms with van der Waals surface area (Å²) in [6.07, 6.45) is 0.792. The zero-order valence-corrected chi connectivity index (χ0v) is 14.3. The van der Waals surface area contributed by atoms with Crippen molar-refractivity contribution in [1.82, 2.24) is 25.0 Å². The lowest BCUT2D eigenvalue weighted by Crippen LogP contribution is -2.46. The molecule has 0 unspecified atom stereocenters. The Labute approximate surface area is 135 Å². The van der Waals surface area contributed by atoms with Crippen LogP contribution in [-0.4, -0.2) is 51.2 Å². The second kappa shape index (κ2) is 6.85. The zero-order valence-electron chi connectivity index (χ0n) is 13.4. The standard InChI is InChI=1S/C15H23N5OS/c1-4-14-17-18-15(21-14)11(2)20-7-5-19(6-8-20)9-13-10-22-12(3)16-13/h10-11H,4-9H2,1-3H3/t11-/m0/s1.